The van der Waals surface area contributed by atoms with E-state index in [1.807, 2.05) is 0 Å². The zero-order chi connectivity index (χ0) is 13.4. The molecule has 3 rings (SSSR count). The summed E-state index contributed by atoms with van der Waals surface area (Å²) in [6, 6.07) is 5.89. The lowest BCUT2D eigenvalue weighted by Gasteiger charge is -2.20. The summed E-state index contributed by atoms with van der Waals surface area (Å²) in [5.41, 5.74) is 0.469. The molecule has 2 aliphatic rings. The first kappa shape index (κ1) is 12.2. The van der Waals surface area contributed by atoms with Crippen molar-refractivity contribution in [3.05, 3.63) is 29.6 Å². The third kappa shape index (κ3) is 2.21. The lowest BCUT2D eigenvalue weighted by atomic mass is 9.88. The van der Waals surface area contributed by atoms with Crippen LogP contribution in [-0.4, -0.2) is 5.91 Å². The van der Waals surface area contributed by atoms with Gasteiger partial charge >= 0.3 is 0 Å². The second-order valence-electron chi connectivity index (χ2n) is 5.58. The van der Waals surface area contributed by atoms with Gasteiger partial charge in [0, 0.05) is 11.6 Å². The highest BCUT2D eigenvalue weighted by atomic mass is 19.1. The van der Waals surface area contributed by atoms with Crippen molar-refractivity contribution in [2.75, 3.05) is 5.32 Å². The number of halogens is 1. The molecule has 3 atom stereocenters. The van der Waals surface area contributed by atoms with E-state index in [4.69, 9.17) is 5.26 Å². The minimum absolute atomic E-state index is 0.0164. The molecular formula is C15H15FN2O. The number of rotatable bonds is 2. The average Bonchev–Trinajstić information content (AvgIpc) is 3.03. The molecule has 0 radical (unpaired) electrons. The molecule has 1 aromatic rings. The Bertz CT molecular complexity index is 564. The normalized spacial score (nSPS) is 28.1. The third-order valence-corrected chi connectivity index (χ3v) is 4.43. The van der Waals surface area contributed by atoms with Gasteiger partial charge in [0.1, 0.15) is 11.9 Å². The van der Waals surface area contributed by atoms with Crippen molar-refractivity contribution >= 4 is 11.6 Å². The van der Waals surface area contributed by atoms with Gasteiger partial charge in [0.15, 0.2) is 0 Å². The molecule has 1 N–H and O–H groups in total. The van der Waals surface area contributed by atoms with E-state index in [9.17, 15) is 9.18 Å². The Labute approximate surface area is 111 Å². The van der Waals surface area contributed by atoms with Crippen molar-refractivity contribution in [1.82, 2.24) is 0 Å². The van der Waals surface area contributed by atoms with E-state index < -0.39 is 5.82 Å². The fraction of sp³-hybridized carbons (Fsp3) is 0.467. The maximum absolute atomic E-state index is 13.2. The van der Waals surface area contributed by atoms with Gasteiger partial charge in [-0.2, -0.15) is 5.26 Å². The molecule has 19 heavy (non-hydrogen) atoms. The van der Waals surface area contributed by atoms with E-state index in [0.717, 1.165) is 12.8 Å². The Kier molecular flexibility index (Phi) is 2.98. The van der Waals surface area contributed by atoms with E-state index in [1.165, 1.54) is 31.0 Å². The first-order valence-corrected chi connectivity index (χ1v) is 6.68. The van der Waals surface area contributed by atoms with Gasteiger partial charge in [-0.15, -0.1) is 0 Å². The lowest BCUT2D eigenvalue weighted by molar-refractivity contribution is -0.121. The SMILES string of the molecule is N#Cc1cc(NC(=O)C2CC3CCC2C3)ccc1F. The summed E-state index contributed by atoms with van der Waals surface area (Å²) in [5, 5.41) is 11.6. The van der Waals surface area contributed by atoms with E-state index in [0.29, 0.717) is 17.5 Å². The molecule has 2 aliphatic carbocycles. The van der Waals surface area contributed by atoms with E-state index in [2.05, 4.69) is 5.32 Å². The fourth-order valence-corrected chi connectivity index (χ4v) is 3.49. The molecule has 2 fully saturated rings. The van der Waals surface area contributed by atoms with E-state index in [1.54, 1.807) is 6.07 Å². The molecule has 0 aliphatic heterocycles. The summed E-state index contributed by atoms with van der Waals surface area (Å²) in [7, 11) is 0. The second-order valence-corrected chi connectivity index (χ2v) is 5.58. The summed E-state index contributed by atoms with van der Waals surface area (Å²) in [6.07, 6.45) is 4.55. The van der Waals surface area contributed by atoms with Crippen LogP contribution in [0.5, 0.6) is 0 Å². The number of carbonyl (C=O) groups is 1. The first-order chi connectivity index (χ1) is 9.17. The van der Waals surface area contributed by atoms with Crippen LogP contribution in [0.3, 0.4) is 0 Å². The zero-order valence-corrected chi connectivity index (χ0v) is 10.5. The van der Waals surface area contributed by atoms with Gasteiger partial charge in [-0.25, -0.2) is 4.39 Å². The van der Waals surface area contributed by atoms with Gasteiger partial charge < -0.3 is 5.32 Å². The number of benzene rings is 1. The summed E-state index contributed by atoms with van der Waals surface area (Å²) < 4.78 is 13.2. The molecule has 0 aromatic heterocycles. The summed E-state index contributed by atoms with van der Waals surface area (Å²) in [4.78, 5) is 12.2. The maximum atomic E-state index is 13.2. The van der Waals surface area contributed by atoms with Crippen LogP contribution in [0.25, 0.3) is 0 Å². The van der Waals surface area contributed by atoms with Crippen molar-refractivity contribution in [3.63, 3.8) is 0 Å². The molecule has 1 aromatic carbocycles. The van der Waals surface area contributed by atoms with Crippen LogP contribution in [0.4, 0.5) is 10.1 Å². The smallest absolute Gasteiger partial charge is 0.227 e. The molecular weight excluding hydrogens is 243 g/mol. The first-order valence-electron chi connectivity index (χ1n) is 6.68. The monoisotopic (exact) mass is 258 g/mol. The van der Waals surface area contributed by atoms with Crippen molar-refractivity contribution in [2.24, 2.45) is 17.8 Å². The zero-order valence-electron chi connectivity index (χ0n) is 10.5. The third-order valence-electron chi connectivity index (χ3n) is 4.43. The van der Waals surface area contributed by atoms with Crippen LogP contribution in [0.15, 0.2) is 18.2 Å². The highest BCUT2D eigenvalue weighted by Crippen LogP contribution is 2.48. The molecule has 1 amide bonds. The van der Waals surface area contributed by atoms with Crippen LogP contribution in [0.1, 0.15) is 31.2 Å². The van der Waals surface area contributed by atoms with Gasteiger partial charge in [-0.3, -0.25) is 4.79 Å². The standard InChI is InChI=1S/C15H15FN2O/c16-14-4-3-12(7-11(14)8-17)18-15(19)13-6-9-1-2-10(13)5-9/h3-4,7,9-10,13H,1-2,5-6H2,(H,18,19). The number of carbonyl (C=O) groups excluding carboxylic acids is 1. The molecule has 98 valence electrons. The molecule has 4 heteroatoms. The topological polar surface area (TPSA) is 52.9 Å². The molecule has 0 spiro atoms. The Morgan fingerprint density at radius 2 is 2.21 bits per heavy atom. The van der Waals surface area contributed by atoms with Crippen LogP contribution >= 0.6 is 0 Å². The van der Waals surface area contributed by atoms with Crippen molar-refractivity contribution < 1.29 is 9.18 Å². The van der Waals surface area contributed by atoms with Gasteiger partial charge in [0.25, 0.3) is 0 Å². The molecule has 3 unspecified atom stereocenters. The van der Waals surface area contributed by atoms with Crippen molar-refractivity contribution in [2.45, 2.75) is 25.7 Å². The van der Waals surface area contributed by atoms with Gasteiger partial charge in [0.2, 0.25) is 5.91 Å². The number of nitriles is 1. The predicted molar refractivity (Wildman–Crippen MR) is 68.7 cm³/mol. The Balaban J connectivity index is 1.72. The minimum Gasteiger partial charge on any atom is -0.326 e. The van der Waals surface area contributed by atoms with Crippen molar-refractivity contribution in [3.8, 4) is 6.07 Å². The fourth-order valence-electron chi connectivity index (χ4n) is 3.49. The average molecular weight is 258 g/mol. The Hall–Kier alpha value is -1.89. The number of amides is 1. The van der Waals surface area contributed by atoms with Crippen LogP contribution in [0.2, 0.25) is 0 Å². The molecule has 0 heterocycles. The summed E-state index contributed by atoms with van der Waals surface area (Å²) in [6.45, 7) is 0. The largest absolute Gasteiger partial charge is 0.326 e. The lowest BCUT2D eigenvalue weighted by Crippen LogP contribution is -2.27. The molecule has 2 saturated carbocycles. The van der Waals surface area contributed by atoms with Gasteiger partial charge in [0.05, 0.1) is 5.56 Å². The quantitative estimate of drug-likeness (QED) is 0.886. The van der Waals surface area contributed by atoms with Crippen LogP contribution in [0, 0.1) is 34.9 Å². The van der Waals surface area contributed by atoms with E-state index >= 15 is 0 Å². The number of nitrogens with one attached hydrogen (secondary N) is 1. The molecule has 3 nitrogen and oxygen atoms in total. The highest BCUT2D eigenvalue weighted by Gasteiger charge is 2.42. The Morgan fingerprint density at radius 3 is 2.84 bits per heavy atom. The van der Waals surface area contributed by atoms with Crippen molar-refractivity contribution in [1.29, 1.82) is 5.26 Å². The molecule has 2 bridgehead atoms. The van der Waals surface area contributed by atoms with Gasteiger partial charge in [-0.05, 0) is 49.3 Å². The van der Waals surface area contributed by atoms with E-state index in [-0.39, 0.29) is 17.4 Å². The minimum atomic E-state index is -0.555. The molecule has 0 saturated heterocycles. The number of hydrogen-bond acceptors (Lipinski definition) is 2. The number of anilines is 1. The number of fused-ring (bicyclic) bond motifs is 2. The van der Waals surface area contributed by atoms with Gasteiger partial charge in [-0.1, -0.05) is 6.42 Å². The van der Waals surface area contributed by atoms with Crippen LogP contribution < -0.4 is 5.32 Å². The number of nitrogens with zero attached hydrogens (tertiary/aromatic N) is 1. The second kappa shape index (κ2) is 4.65. The summed E-state index contributed by atoms with van der Waals surface area (Å²) >= 11 is 0. The van der Waals surface area contributed by atoms with Crippen LogP contribution in [-0.2, 0) is 4.79 Å². The highest BCUT2D eigenvalue weighted by molar-refractivity contribution is 5.93. The maximum Gasteiger partial charge on any atom is 0.227 e. The Morgan fingerprint density at radius 1 is 1.37 bits per heavy atom. The predicted octanol–water partition coefficient (Wildman–Crippen LogP) is 3.07. The number of hydrogen-bond donors (Lipinski definition) is 1. The summed E-state index contributed by atoms with van der Waals surface area (Å²) in [5.74, 6) is 0.780.